The highest BCUT2D eigenvalue weighted by molar-refractivity contribution is 5.78. The van der Waals surface area contributed by atoms with Crippen LogP contribution in [0, 0.1) is 6.92 Å². The Morgan fingerprint density at radius 1 is 1.33 bits per heavy atom. The average Bonchev–Trinajstić information content (AvgIpc) is 2.97. The minimum atomic E-state index is 0.386. The summed E-state index contributed by atoms with van der Waals surface area (Å²) in [6, 6.07) is 8.39. The number of hydrogen-bond donors (Lipinski definition) is 1. The van der Waals surface area contributed by atoms with E-state index in [1.54, 1.807) is 0 Å². The van der Waals surface area contributed by atoms with Crippen molar-refractivity contribution in [2.75, 3.05) is 13.2 Å². The third kappa shape index (κ3) is 2.57. The molecule has 18 heavy (non-hydrogen) atoms. The monoisotopic (exact) mass is 245 g/mol. The molecule has 1 saturated heterocycles. The molecule has 0 saturated carbocycles. The van der Waals surface area contributed by atoms with Crippen LogP contribution in [0.15, 0.2) is 28.7 Å². The fourth-order valence-electron chi connectivity index (χ4n) is 2.47. The summed E-state index contributed by atoms with van der Waals surface area (Å²) in [5.41, 5.74) is 2.23. The molecule has 3 heteroatoms. The summed E-state index contributed by atoms with van der Waals surface area (Å²) in [6.45, 7) is 4.70. The van der Waals surface area contributed by atoms with Gasteiger partial charge >= 0.3 is 0 Å². The zero-order valence-electron chi connectivity index (χ0n) is 10.7. The minimum absolute atomic E-state index is 0.386. The van der Waals surface area contributed by atoms with Gasteiger partial charge in [0.2, 0.25) is 0 Å². The summed E-state index contributed by atoms with van der Waals surface area (Å²) in [6.07, 6.45) is 2.75. The third-order valence-electron chi connectivity index (χ3n) is 3.42. The quantitative estimate of drug-likeness (QED) is 0.899. The molecule has 1 unspecified atom stereocenters. The van der Waals surface area contributed by atoms with Gasteiger partial charge in [-0.1, -0.05) is 11.6 Å². The summed E-state index contributed by atoms with van der Waals surface area (Å²) in [5.74, 6) is 0.994. The predicted octanol–water partition coefficient (Wildman–Crippen LogP) is 3.01. The van der Waals surface area contributed by atoms with Gasteiger partial charge in [0.15, 0.2) is 0 Å². The van der Waals surface area contributed by atoms with Crippen LogP contribution in [0.2, 0.25) is 0 Å². The molecule has 96 valence electrons. The topological polar surface area (TPSA) is 34.4 Å². The average molecular weight is 245 g/mol. The molecule has 0 spiro atoms. The maximum atomic E-state index is 5.78. The van der Waals surface area contributed by atoms with Gasteiger partial charge in [0.05, 0.1) is 12.6 Å². The lowest BCUT2D eigenvalue weighted by atomic mass is 10.2. The molecule has 2 heterocycles. The Bertz CT molecular complexity index is 526. The standard InChI is InChI=1S/C15H19NO2/c1-11-4-5-15-12(7-11)8-14(18-15)10-16-9-13-3-2-6-17-13/h4-5,7-8,13,16H,2-3,6,9-10H2,1H3. The van der Waals surface area contributed by atoms with Crippen molar-refractivity contribution in [2.45, 2.75) is 32.4 Å². The molecule has 1 N–H and O–H groups in total. The van der Waals surface area contributed by atoms with Crippen molar-refractivity contribution in [2.24, 2.45) is 0 Å². The SMILES string of the molecule is Cc1ccc2oc(CNCC3CCCO3)cc2c1. The Balaban J connectivity index is 1.60. The molecule has 1 atom stereocenters. The molecule has 0 aliphatic carbocycles. The van der Waals surface area contributed by atoms with E-state index in [1.807, 2.05) is 6.07 Å². The summed E-state index contributed by atoms with van der Waals surface area (Å²) < 4.78 is 11.4. The minimum Gasteiger partial charge on any atom is -0.460 e. The molecule has 0 amide bonds. The first-order valence-electron chi connectivity index (χ1n) is 6.63. The van der Waals surface area contributed by atoms with Gasteiger partial charge in [0.1, 0.15) is 11.3 Å². The molecule has 1 aliphatic rings. The number of nitrogens with one attached hydrogen (secondary N) is 1. The highest BCUT2D eigenvalue weighted by Gasteiger charge is 2.14. The zero-order valence-corrected chi connectivity index (χ0v) is 10.7. The molecule has 0 bridgehead atoms. The second kappa shape index (κ2) is 5.12. The van der Waals surface area contributed by atoms with Gasteiger partial charge in [-0.25, -0.2) is 0 Å². The first-order chi connectivity index (χ1) is 8.81. The van der Waals surface area contributed by atoms with Gasteiger partial charge in [0.25, 0.3) is 0 Å². The normalized spacial score (nSPS) is 19.7. The lowest BCUT2D eigenvalue weighted by Crippen LogP contribution is -2.25. The van der Waals surface area contributed by atoms with E-state index in [0.717, 1.165) is 31.0 Å². The second-order valence-corrected chi connectivity index (χ2v) is 5.02. The van der Waals surface area contributed by atoms with E-state index in [2.05, 4.69) is 30.4 Å². The van der Waals surface area contributed by atoms with Gasteiger partial charge in [-0.2, -0.15) is 0 Å². The molecule has 1 fully saturated rings. The smallest absolute Gasteiger partial charge is 0.134 e. The number of ether oxygens (including phenoxy) is 1. The Hall–Kier alpha value is -1.32. The predicted molar refractivity (Wildman–Crippen MR) is 71.6 cm³/mol. The Kier molecular flexibility index (Phi) is 3.35. The number of benzene rings is 1. The van der Waals surface area contributed by atoms with Gasteiger partial charge < -0.3 is 14.5 Å². The fourth-order valence-corrected chi connectivity index (χ4v) is 2.47. The van der Waals surface area contributed by atoms with Crippen molar-refractivity contribution in [3.05, 3.63) is 35.6 Å². The Labute approximate surface area is 107 Å². The molecule has 2 aromatic rings. The van der Waals surface area contributed by atoms with Crippen LogP contribution < -0.4 is 5.32 Å². The van der Waals surface area contributed by atoms with Crippen LogP contribution in [0.5, 0.6) is 0 Å². The highest BCUT2D eigenvalue weighted by Crippen LogP contribution is 2.20. The number of furan rings is 1. The van der Waals surface area contributed by atoms with Gasteiger partial charge in [0, 0.05) is 18.5 Å². The van der Waals surface area contributed by atoms with Crippen LogP contribution in [-0.2, 0) is 11.3 Å². The molecule has 1 aromatic heterocycles. The van der Waals surface area contributed by atoms with E-state index in [1.165, 1.54) is 23.8 Å². The molecule has 3 rings (SSSR count). The van der Waals surface area contributed by atoms with Gasteiger partial charge in [-0.3, -0.25) is 0 Å². The molecule has 0 radical (unpaired) electrons. The summed E-state index contributed by atoms with van der Waals surface area (Å²) in [7, 11) is 0. The third-order valence-corrected chi connectivity index (χ3v) is 3.42. The second-order valence-electron chi connectivity index (χ2n) is 5.02. The summed E-state index contributed by atoms with van der Waals surface area (Å²) in [4.78, 5) is 0. The van der Waals surface area contributed by atoms with Crippen LogP contribution >= 0.6 is 0 Å². The van der Waals surface area contributed by atoms with Crippen LogP contribution in [0.1, 0.15) is 24.2 Å². The number of hydrogen-bond acceptors (Lipinski definition) is 3. The maximum absolute atomic E-state index is 5.78. The number of fused-ring (bicyclic) bond motifs is 1. The first kappa shape index (κ1) is 11.8. The number of aryl methyl sites for hydroxylation is 1. The van der Waals surface area contributed by atoms with Crippen molar-refractivity contribution < 1.29 is 9.15 Å². The van der Waals surface area contributed by atoms with E-state index in [9.17, 15) is 0 Å². The summed E-state index contributed by atoms with van der Waals surface area (Å²) in [5, 5.41) is 4.58. The van der Waals surface area contributed by atoms with E-state index in [-0.39, 0.29) is 0 Å². The van der Waals surface area contributed by atoms with Gasteiger partial charge in [-0.15, -0.1) is 0 Å². The van der Waals surface area contributed by atoms with Crippen molar-refractivity contribution in [3.63, 3.8) is 0 Å². The van der Waals surface area contributed by atoms with Crippen LogP contribution in [0.4, 0.5) is 0 Å². The lowest BCUT2D eigenvalue weighted by Gasteiger charge is -2.09. The lowest BCUT2D eigenvalue weighted by molar-refractivity contribution is 0.109. The zero-order chi connectivity index (χ0) is 12.4. The Morgan fingerprint density at radius 3 is 3.11 bits per heavy atom. The van der Waals surface area contributed by atoms with Crippen molar-refractivity contribution in [1.82, 2.24) is 5.32 Å². The highest BCUT2D eigenvalue weighted by atomic mass is 16.5. The molecule has 1 aliphatic heterocycles. The van der Waals surface area contributed by atoms with Crippen LogP contribution in [0.3, 0.4) is 0 Å². The largest absolute Gasteiger partial charge is 0.460 e. The molecular formula is C15H19NO2. The van der Waals surface area contributed by atoms with Crippen LogP contribution in [-0.4, -0.2) is 19.3 Å². The summed E-state index contributed by atoms with van der Waals surface area (Å²) >= 11 is 0. The molecular weight excluding hydrogens is 226 g/mol. The Morgan fingerprint density at radius 2 is 2.28 bits per heavy atom. The van der Waals surface area contributed by atoms with E-state index < -0.39 is 0 Å². The van der Waals surface area contributed by atoms with Crippen molar-refractivity contribution >= 4 is 11.0 Å². The number of rotatable bonds is 4. The van der Waals surface area contributed by atoms with Gasteiger partial charge in [-0.05, 0) is 38.0 Å². The first-order valence-corrected chi connectivity index (χ1v) is 6.63. The molecule has 1 aromatic carbocycles. The van der Waals surface area contributed by atoms with E-state index >= 15 is 0 Å². The van der Waals surface area contributed by atoms with Crippen LogP contribution in [0.25, 0.3) is 11.0 Å². The van der Waals surface area contributed by atoms with E-state index in [4.69, 9.17) is 9.15 Å². The maximum Gasteiger partial charge on any atom is 0.134 e. The van der Waals surface area contributed by atoms with E-state index in [0.29, 0.717) is 6.10 Å². The molecule has 3 nitrogen and oxygen atoms in total. The van der Waals surface area contributed by atoms with Crippen molar-refractivity contribution in [3.8, 4) is 0 Å². The van der Waals surface area contributed by atoms with Crippen molar-refractivity contribution in [1.29, 1.82) is 0 Å². The fraction of sp³-hybridized carbons (Fsp3) is 0.467.